The summed E-state index contributed by atoms with van der Waals surface area (Å²) < 4.78 is 16.4. The Hall–Kier alpha value is -3.19. The van der Waals surface area contributed by atoms with Gasteiger partial charge in [-0.1, -0.05) is 12.1 Å². The van der Waals surface area contributed by atoms with Gasteiger partial charge in [-0.2, -0.15) is 0 Å². The van der Waals surface area contributed by atoms with E-state index in [9.17, 15) is 0 Å². The number of nitrogens with one attached hydrogen (secondary N) is 1. The summed E-state index contributed by atoms with van der Waals surface area (Å²) in [5.41, 5.74) is 3.16. The van der Waals surface area contributed by atoms with E-state index in [4.69, 9.17) is 26.1 Å². The first-order valence-corrected chi connectivity index (χ1v) is 11.1. The number of hydrogen-bond donors (Lipinski definition) is 1. The molecule has 1 aromatic heterocycles. The van der Waals surface area contributed by atoms with Gasteiger partial charge in [0.05, 0.1) is 32.7 Å². The Balaban J connectivity index is 1.79. The molecule has 170 valence electrons. The predicted molar refractivity (Wildman–Crippen MR) is 134 cm³/mol. The van der Waals surface area contributed by atoms with Crippen LogP contribution in [-0.4, -0.2) is 37.3 Å². The van der Waals surface area contributed by atoms with Crippen molar-refractivity contribution in [1.29, 1.82) is 0 Å². The molecule has 32 heavy (non-hydrogen) atoms. The summed E-state index contributed by atoms with van der Waals surface area (Å²) in [5.74, 6) is 2.22. The van der Waals surface area contributed by atoms with Gasteiger partial charge in [0.2, 0.25) is 0 Å². The van der Waals surface area contributed by atoms with Gasteiger partial charge in [0.15, 0.2) is 5.11 Å². The number of anilines is 2. The van der Waals surface area contributed by atoms with Crippen LogP contribution in [0.25, 0.3) is 0 Å². The molecule has 0 saturated carbocycles. The van der Waals surface area contributed by atoms with Crippen LogP contribution in [0.15, 0.2) is 65.3 Å². The summed E-state index contributed by atoms with van der Waals surface area (Å²) in [4.78, 5) is 4.40. The van der Waals surface area contributed by atoms with Crippen LogP contribution in [0.1, 0.15) is 25.2 Å². The lowest BCUT2D eigenvalue weighted by Gasteiger charge is -2.26. The summed E-state index contributed by atoms with van der Waals surface area (Å²) in [6.07, 6.45) is 1.68. The van der Waals surface area contributed by atoms with E-state index in [0.717, 1.165) is 30.3 Å². The molecular weight excluding hydrogens is 422 g/mol. The summed E-state index contributed by atoms with van der Waals surface area (Å²) in [6.45, 7) is 7.50. The molecule has 0 aliphatic carbocycles. The molecule has 0 bridgehead atoms. The van der Waals surface area contributed by atoms with Crippen molar-refractivity contribution >= 4 is 28.7 Å². The van der Waals surface area contributed by atoms with E-state index in [0.29, 0.717) is 24.0 Å². The lowest BCUT2D eigenvalue weighted by atomic mass is 10.1. The van der Waals surface area contributed by atoms with Crippen molar-refractivity contribution in [2.24, 2.45) is 0 Å². The Kier molecular flexibility index (Phi) is 8.39. The van der Waals surface area contributed by atoms with Crippen LogP contribution in [0.5, 0.6) is 11.5 Å². The standard InChI is InChI=1S/C25H31N3O3S/c1-5-27(6-2)20-11-9-19(10-12-20)17-28(18-22-8-7-15-31-22)25(32)26-23-14-13-21(29-3)16-24(23)30-4/h7-16H,5-6,17-18H2,1-4H3,(H,26,32). The number of nitrogens with zero attached hydrogens (tertiary/aromatic N) is 2. The number of hydrogen-bond acceptors (Lipinski definition) is 5. The van der Waals surface area contributed by atoms with E-state index in [-0.39, 0.29) is 0 Å². The normalized spacial score (nSPS) is 10.5. The average Bonchev–Trinajstić information content (AvgIpc) is 3.34. The van der Waals surface area contributed by atoms with Crippen molar-refractivity contribution < 1.29 is 13.9 Å². The van der Waals surface area contributed by atoms with E-state index in [1.807, 2.05) is 30.3 Å². The van der Waals surface area contributed by atoms with E-state index in [2.05, 4.69) is 53.2 Å². The summed E-state index contributed by atoms with van der Waals surface area (Å²) >= 11 is 5.78. The van der Waals surface area contributed by atoms with Crippen molar-refractivity contribution in [3.63, 3.8) is 0 Å². The molecule has 0 amide bonds. The van der Waals surface area contributed by atoms with Crippen molar-refractivity contribution in [3.05, 3.63) is 72.2 Å². The molecule has 1 N–H and O–H groups in total. The fourth-order valence-electron chi connectivity index (χ4n) is 3.51. The van der Waals surface area contributed by atoms with Crippen LogP contribution in [0, 0.1) is 0 Å². The second-order valence-electron chi connectivity index (χ2n) is 7.27. The minimum Gasteiger partial charge on any atom is -0.497 e. The van der Waals surface area contributed by atoms with Crippen LogP contribution < -0.4 is 19.7 Å². The second-order valence-corrected chi connectivity index (χ2v) is 7.66. The lowest BCUT2D eigenvalue weighted by molar-refractivity contribution is 0.360. The van der Waals surface area contributed by atoms with E-state index < -0.39 is 0 Å². The molecule has 0 saturated heterocycles. The third-order valence-electron chi connectivity index (χ3n) is 5.30. The molecule has 0 fully saturated rings. The molecule has 0 unspecified atom stereocenters. The van der Waals surface area contributed by atoms with Gasteiger partial charge in [0, 0.05) is 31.4 Å². The van der Waals surface area contributed by atoms with Crippen molar-refractivity contribution in [3.8, 4) is 11.5 Å². The number of methoxy groups -OCH3 is 2. The molecular formula is C25H31N3O3S. The Morgan fingerprint density at radius 1 is 0.969 bits per heavy atom. The maximum Gasteiger partial charge on any atom is 0.174 e. The SMILES string of the molecule is CCN(CC)c1ccc(CN(Cc2ccco2)C(=S)Nc2ccc(OC)cc2OC)cc1. The van der Waals surface area contributed by atoms with Crippen molar-refractivity contribution in [2.75, 3.05) is 37.5 Å². The number of benzene rings is 2. The molecule has 0 spiro atoms. The summed E-state index contributed by atoms with van der Waals surface area (Å²) in [7, 11) is 3.25. The molecule has 7 heteroatoms. The van der Waals surface area contributed by atoms with Gasteiger partial charge in [-0.05, 0) is 68.0 Å². The van der Waals surface area contributed by atoms with Gasteiger partial charge in [-0.25, -0.2) is 0 Å². The quantitative estimate of drug-likeness (QED) is 0.404. The number of rotatable bonds is 10. The zero-order chi connectivity index (χ0) is 22.9. The second kappa shape index (κ2) is 11.4. The summed E-state index contributed by atoms with van der Waals surface area (Å²) in [5, 5.41) is 3.90. The highest BCUT2D eigenvalue weighted by Gasteiger charge is 2.16. The topological polar surface area (TPSA) is 50.1 Å². The zero-order valence-corrected chi connectivity index (χ0v) is 19.9. The van der Waals surface area contributed by atoms with Crippen LogP contribution in [-0.2, 0) is 13.1 Å². The highest BCUT2D eigenvalue weighted by Crippen LogP contribution is 2.29. The minimum atomic E-state index is 0.551. The smallest absolute Gasteiger partial charge is 0.174 e. The van der Waals surface area contributed by atoms with Crippen molar-refractivity contribution in [2.45, 2.75) is 26.9 Å². The number of furan rings is 1. The first kappa shape index (κ1) is 23.5. The Morgan fingerprint density at radius 3 is 2.31 bits per heavy atom. The third-order valence-corrected chi connectivity index (χ3v) is 5.66. The maximum atomic E-state index is 5.78. The van der Waals surface area contributed by atoms with Gasteiger partial charge in [0.1, 0.15) is 17.3 Å². The van der Waals surface area contributed by atoms with Gasteiger partial charge in [-0.3, -0.25) is 0 Å². The fourth-order valence-corrected chi connectivity index (χ4v) is 3.75. The molecule has 0 aliphatic rings. The van der Waals surface area contributed by atoms with E-state index in [1.165, 1.54) is 11.3 Å². The molecule has 0 aliphatic heterocycles. The fraction of sp³-hybridized carbons (Fsp3) is 0.320. The molecule has 6 nitrogen and oxygen atoms in total. The highest BCUT2D eigenvalue weighted by molar-refractivity contribution is 7.80. The van der Waals surface area contributed by atoms with Gasteiger partial charge < -0.3 is 29.0 Å². The third kappa shape index (κ3) is 5.95. The Morgan fingerprint density at radius 2 is 1.72 bits per heavy atom. The minimum absolute atomic E-state index is 0.551. The molecule has 0 atom stereocenters. The number of ether oxygens (including phenoxy) is 2. The Bertz CT molecular complexity index is 986. The monoisotopic (exact) mass is 453 g/mol. The maximum absolute atomic E-state index is 5.78. The van der Waals surface area contributed by atoms with E-state index >= 15 is 0 Å². The first-order chi connectivity index (χ1) is 15.6. The zero-order valence-electron chi connectivity index (χ0n) is 19.1. The van der Waals surface area contributed by atoms with Crippen LogP contribution in [0.4, 0.5) is 11.4 Å². The van der Waals surface area contributed by atoms with Crippen LogP contribution >= 0.6 is 12.2 Å². The largest absolute Gasteiger partial charge is 0.497 e. The van der Waals surface area contributed by atoms with Gasteiger partial charge >= 0.3 is 0 Å². The van der Waals surface area contributed by atoms with Crippen LogP contribution in [0.3, 0.4) is 0 Å². The molecule has 1 heterocycles. The molecule has 3 rings (SSSR count). The lowest BCUT2D eigenvalue weighted by Crippen LogP contribution is -2.33. The van der Waals surface area contributed by atoms with Gasteiger partial charge in [-0.15, -0.1) is 0 Å². The van der Waals surface area contributed by atoms with Gasteiger partial charge in [0.25, 0.3) is 0 Å². The van der Waals surface area contributed by atoms with Crippen molar-refractivity contribution in [1.82, 2.24) is 4.90 Å². The molecule has 2 aromatic carbocycles. The Labute approximate surface area is 195 Å². The first-order valence-electron chi connectivity index (χ1n) is 10.7. The molecule has 0 radical (unpaired) electrons. The average molecular weight is 454 g/mol. The van der Waals surface area contributed by atoms with Crippen LogP contribution in [0.2, 0.25) is 0 Å². The predicted octanol–water partition coefficient (Wildman–Crippen LogP) is 5.54. The highest BCUT2D eigenvalue weighted by atomic mass is 32.1. The number of thiocarbonyl (C=S) groups is 1. The van der Waals surface area contributed by atoms with E-state index in [1.54, 1.807) is 20.5 Å². The summed E-state index contributed by atoms with van der Waals surface area (Å²) in [6, 6.07) is 18.1. The molecule has 3 aromatic rings.